The lowest BCUT2D eigenvalue weighted by molar-refractivity contribution is 0.607. The summed E-state index contributed by atoms with van der Waals surface area (Å²) in [4.78, 5) is 4.42. The summed E-state index contributed by atoms with van der Waals surface area (Å²) >= 11 is 0. The van der Waals surface area contributed by atoms with Gasteiger partial charge in [-0.05, 0) is 20.8 Å². The van der Waals surface area contributed by atoms with Crippen LogP contribution in [-0.2, 0) is 0 Å². The van der Waals surface area contributed by atoms with Crippen molar-refractivity contribution in [3.8, 4) is 0 Å². The van der Waals surface area contributed by atoms with Gasteiger partial charge in [0.15, 0.2) is 0 Å². The Morgan fingerprint density at radius 2 is 2.27 bits per heavy atom. The van der Waals surface area contributed by atoms with Crippen LogP contribution in [0.1, 0.15) is 25.6 Å². The molecule has 0 aromatic carbocycles. The van der Waals surface area contributed by atoms with E-state index in [4.69, 9.17) is 0 Å². The summed E-state index contributed by atoms with van der Waals surface area (Å²) in [5.41, 5.74) is 1.93. The fraction of sp³-hybridized carbons (Fsp3) is 0.400. The van der Waals surface area contributed by atoms with Crippen LogP contribution in [0.4, 0.5) is 11.6 Å². The van der Waals surface area contributed by atoms with Crippen molar-refractivity contribution in [1.29, 1.82) is 0 Å². The predicted molar refractivity (Wildman–Crippen MR) is 59.2 cm³/mol. The van der Waals surface area contributed by atoms with Crippen molar-refractivity contribution in [2.45, 2.75) is 26.8 Å². The Bertz CT molecular complexity index is 427. The summed E-state index contributed by atoms with van der Waals surface area (Å²) in [6.45, 7) is 6.24. The number of hydrogen-bond acceptors (Lipinski definition) is 3. The summed E-state index contributed by atoms with van der Waals surface area (Å²) in [5.74, 6) is 0.851. The molecular formula is C10H15N5. The standard InChI is InChI=1S/C10H15N5/c1-7(2)15-6-8(3)13-10(15)14-9-4-11-12-5-9/h4-7H,1-3H3,(H,11,12)(H,13,14). The molecule has 0 saturated carbocycles. The zero-order chi connectivity index (χ0) is 10.8. The number of anilines is 2. The van der Waals surface area contributed by atoms with Crippen molar-refractivity contribution in [1.82, 2.24) is 19.7 Å². The molecule has 0 aliphatic rings. The molecule has 0 amide bonds. The SMILES string of the molecule is Cc1cn(C(C)C)c(Nc2cn[nH]c2)n1. The number of H-pyrrole nitrogens is 1. The second-order valence-electron chi connectivity index (χ2n) is 3.82. The van der Waals surface area contributed by atoms with Gasteiger partial charge in [0.05, 0.1) is 17.6 Å². The van der Waals surface area contributed by atoms with Crippen LogP contribution in [0.15, 0.2) is 18.6 Å². The van der Waals surface area contributed by atoms with Gasteiger partial charge >= 0.3 is 0 Å². The molecule has 80 valence electrons. The van der Waals surface area contributed by atoms with E-state index in [0.29, 0.717) is 6.04 Å². The third kappa shape index (κ3) is 2.01. The highest BCUT2D eigenvalue weighted by Gasteiger charge is 2.08. The maximum atomic E-state index is 4.42. The Balaban J connectivity index is 2.27. The Kier molecular flexibility index (Phi) is 2.45. The molecule has 2 aromatic rings. The number of rotatable bonds is 3. The molecule has 0 spiro atoms. The van der Waals surface area contributed by atoms with Crippen molar-refractivity contribution in [3.63, 3.8) is 0 Å². The molecule has 2 N–H and O–H groups in total. The summed E-state index contributed by atoms with van der Waals surface area (Å²) in [7, 11) is 0. The van der Waals surface area contributed by atoms with Crippen LogP contribution >= 0.6 is 0 Å². The highest BCUT2D eigenvalue weighted by molar-refractivity contribution is 5.51. The van der Waals surface area contributed by atoms with E-state index < -0.39 is 0 Å². The van der Waals surface area contributed by atoms with E-state index >= 15 is 0 Å². The molecule has 2 aromatic heterocycles. The Morgan fingerprint density at radius 1 is 1.47 bits per heavy atom. The predicted octanol–water partition coefficient (Wildman–Crippen LogP) is 2.24. The number of aryl methyl sites for hydroxylation is 1. The third-order valence-corrected chi connectivity index (χ3v) is 2.16. The topological polar surface area (TPSA) is 58.5 Å². The zero-order valence-electron chi connectivity index (χ0n) is 9.15. The second-order valence-corrected chi connectivity index (χ2v) is 3.82. The minimum atomic E-state index is 0.389. The van der Waals surface area contributed by atoms with Gasteiger partial charge in [-0.25, -0.2) is 4.98 Å². The average molecular weight is 205 g/mol. The van der Waals surface area contributed by atoms with Gasteiger partial charge in [-0.3, -0.25) is 5.10 Å². The maximum absolute atomic E-state index is 4.42. The van der Waals surface area contributed by atoms with Gasteiger partial charge in [0, 0.05) is 18.4 Å². The first-order valence-corrected chi connectivity index (χ1v) is 4.98. The van der Waals surface area contributed by atoms with Crippen molar-refractivity contribution in [3.05, 3.63) is 24.3 Å². The molecule has 0 aliphatic heterocycles. The molecule has 2 rings (SSSR count). The quantitative estimate of drug-likeness (QED) is 0.807. The van der Waals surface area contributed by atoms with E-state index in [2.05, 4.69) is 38.9 Å². The van der Waals surface area contributed by atoms with E-state index in [1.165, 1.54) is 0 Å². The van der Waals surface area contributed by atoms with Crippen LogP contribution in [-0.4, -0.2) is 19.7 Å². The summed E-state index contributed by atoms with van der Waals surface area (Å²) in [5, 5.41) is 9.84. The maximum Gasteiger partial charge on any atom is 0.207 e. The fourth-order valence-electron chi connectivity index (χ4n) is 1.45. The lowest BCUT2D eigenvalue weighted by Gasteiger charge is -2.11. The third-order valence-electron chi connectivity index (χ3n) is 2.16. The van der Waals surface area contributed by atoms with Gasteiger partial charge in [0.2, 0.25) is 5.95 Å². The molecule has 2 heterocycles. The number of imidazole rings is 1. The Labute approximate surface area is 88.5 Å². The molecule has 0 unspecified atom stereocenters. The first-order chi connectivity index (χ1) is 7.16. The molecule has 15 heavy (non-hydrogen) atoms. The van der Waals surface area contributed by atoms with Crippen LogP contribution in [0.5, 0.6) is 0 Å². The van der Waals surface area contributed by atoms with Crippen LogP contribution in [0.2, 0.25) is 0 Å². The van der Waals surface area contributed by atoms with Gasteiger partial charge in [0.25, 0.3) is 0 Å². The van der Waals surface area contributed by atoms with Gasteiger partial charge in [-0.15, -0.1) is 0 Å². The molecule has 0 saturated heterocycles. The van der Waals surface area contributed by atoms with Gasteiger partial charge in [-0.1, -0.05) is 0 Å². The average Bonchev–Trinajstić information content (AvgIpc) is 2.75. The van der Waals surface area contributed by atoms with Gasteiger partial charge < -0.3 is 9.88 Å². The van der Waals surface area contributed by atoms with E-state index in [9.17, 15) is 0 Å². The number of aromatic nitrogens is 4. The Hall–Kier alpha value is -1.78. The molecular weight excluding hydrogens is 190 g/mol. The molecule has 0 aliphatic carbocycles. The minimum absolute atomic E-state index is 0.389. The molecule has 0 bridgehead atoms. The summed E-state index contributed by atoms with van der Waals surface area (Å²) < 4.78 is 2.10. The highest BCUT2D eigenvalue weighted by atomic mass is 15.2. The lowest BCUT2D eigenvalue weighted by atomic mass is 10.4. The largest absolute Gasteiger partial charge is 0.323 e. The van der Waals surface area contributed by atoms with Crippen molar-refractivity contribution in [2.24, 2.45) is 0 Å². The van der Waals surface area contributed by atoms with E-state index in [-0.39, 0.29) is 0 Å². The molecule has 0 radical (unpaired) electrons. The van der Waals surface area contributed by atoms with Crippen LogP contribution in [0, 0.1) is 6.92 Å². The monoisotopic (exact) mass is 205 g/mol. The van der Waals surface area contributed by atoms with Crippen LogP contribution in [0.3, 0.4) is 0 Å². The van der Waals surface area contributed by atoms with E-state index in [1.54, 1.807) is 12.4 Å². The number of nitrogens with one attached hydrogen (secondary N) is 2. The lowest BCUT2D eigenvalue weighted by Crippen LogP contribution is -2.04. The molecule has 5 heteroatoms. The molecule has 5 nitrogen and oxygen atoms in total. The van der Waals surface area contributed by atoms with Crippen molar-refractivity contribution >= 4 is 11.6 Å². The Morgan fingerprint density at radius 3 is 2.87 bits per heavy atom. The van der Waals surface area contributed by atoms with Crippen LogP contribution < -0.4 is 5.32 Å². The number of nitrogens with zero attached hydrogens (tertiary/aromatic N) is 3. The van der Waals surface area contributed by atoms with Gasteiger partial charge in [-0.2, -0.15) is 5.10 Å². The van der Waals surface area contributed by atoms with Crippen molar-refractivity contribution in [2.75, 3.05) is 5.32 Å². The molecule has 0 fully saturated rings. The van der Waals surface area contributed by atoms with E-state index in [0.717, 1.165) is 17.3 Å². The number of hydrogen-bond donors (Lipinski definition) is 2. The molecule has 0 atom stereocenters. The second kappa shape index (κ2) is 3.76. The zero-order valence-corrected chi connectivity index (χ0v) is 9.15. The van der Waals surface area contributed by atoms with E-state index in [1.807, 2.05) is 13.1 Å². The normalized spacial score (nSPS) is 10.9. The first kappa shape index (κ1) is 9.76. The summed E-state index contributed by atoms with van der Waals surface area (Å²) in [6, 6.07) is 0.389. The fourth-order valence-corrected chi connectivity index (χ4v) is 1.45. The van der Waals surface area contributed by atoms with Crippen molar-refractivity contribution < 1.29 is 0 Å². The van der Waals surface area contributed by atoms with Crippen LogP contribution in [0.25, 0.3) is 0 Å². The smallest absolute Gasteiger partial charge is 0.207 e. The first-order valence-electron chi connectivity index (χ1n) is 4.98. The minimum Gasteiger partial charge on any atom is -0.323 e. The van der Waals surface area contributed by atoms with Gasteiger partial charge in [0.1, 0.15) is 0 Å². The highest BCUT2D eigenvalue weighted by Crippen LogP contribution is 2.18. The summed E-state index contributed by atoms with van der Waals surface area (Å²) in [6.07, 6.45) is 5.57. The number of aromatic amines is 1.